The third-order valence-electron chi connectivity index (χ3n) is 6.49. The predicted octanol–water partition coefficient (Wildman–Crippen LogP) is 5.23. The molecule has 0 fully saturated rings. The second-order valence-electron chi connectivity index (χ2n) is 9.02. The molecule has 0 saturated heterocycles. The predicted molar refractivity (Wildman–Crippen MR) is 138 cm³/mol. The van der Waals surface area contributed by atoms with E-state index in [-0.39, 0.29) is 36.3 Å². The first-order valence-corrected chi connectivity index (χ1v) is 14.1. The van der Waals surface area contributed by atoms with E-state index in [1.165, 1.54) is 22.6 Å². The highest BCUT2D eigenvalue weighted by Gasteiger charge is 2.34. The largest absolute Gasteiger partial charge is 0.488 e. The van der Waals surface area contributed by atoms with E-state index >= 15 is 0 Å². The number of ether oxygens (including phenoxy) is 1. The van der Waals surface area contributed by atoms with Gasteiger partial charge < -0.3 is 9.84 Å². The molecule has 0 saturated carbocycles. The lowest BCUT2D eigenvalue weighted by Gasteiger charge is -2.24. The van der Waals surface area contributed by atoms with E-state index < -0.39 is 21.9 Å². The summed E-state index contributed by atoms with van der Waals surface area (Å²) >= 11 is 1.36. The molecule has 0 radical (unpaired) electrons. The van der Waals surface area contributed by atoms with E-state index in [0.29, 0.717) is 17.7 Å². The van der Waals surface area contributed by atoms with E-state index in [1.807, 2.05) is 32.0 Å². The molecule has 1 N–H and O–H groups in total. The fraction of sp³-hybridized carbons (Fsp3) is 0.333. The van der Waals surface area contributed by atoms with Gasteiger partial charge in [0.05, 0.1) is 13.0 Å². The zero-order valence-electron chi connectivity index (χ0n) is 20.4. The van der Waals surface area contributed by atoms with Crippen LogP contribution in [-0.4, -0.2) is 42.2 Å². The number of carbonyl (C=O) groups is 2. The van der Waals surface area contributed by atoms with Gasteiger partial charge in [-0.25, -0.2) is 8.42 Å². The van der Waals surface area contributed by atoms with Crippen LogP contribution in [0.5, 0.6) is 5.75 Å². The Kier molecular flexibility index (Phi) is 7.63. The van der Waals surface area contributed by atoms with Gasteiger partial charge in [-0.3, -0.25) is 9.59 Å². The molecular weight excluding hydrogens is 498 g/mol. The van der Waals surface area contributed by atoms with E-state index in [4.69, 9.17) is 4.74 Å². The molecule has 3 aromatic rings. The Bertz CT molecular complexity index is 1390. The molecule has 2 atom stereocenters. The summed E-state index contributed by atoms with van der Waals surface area (Å²) < 4.78 is 34.6. The van der Waals surface area contributed by atoms with Crippen LogP contribution in [-0.2, 0) is 21.4 Å². The van der Waals surface area contributed by atoms with Gasteiger partial charge in [-0.1, -0.05) is 37.3 Å². The van der Waals surface area contributed by atoms with Gasteiger partial charge in [-0.05, 0) is 55.2 Å². The first kappa shape index (κ1) is 26.1. The highest BCUT2D eigenvalue weighted by Crippen LogP contribution is 2.36. The number of hydrogen-bond acceptors (Lipinski definition) is 6. The first-order chi connectivity index (χ1) is 17.1. The summed E-state index contributed by atoms with van der Waals surface area (Å²) in [5, 5.41) is 11.3. The van der Waals surface area contributed by atoms with E-state index in [0.717, 1.165) is 21.6 Å². The highest BCUT2D eigenvalue weighted by atomic mass is 32.2. The molecule has 1 aliphatic heterocycles. The molecule has 4 rings (SSSR count). The van der Waals surface area contributed by atoms with Crippen molar-refractivity contribution in [2.75, 3.05) is 6.54 Å². The zero-order valence-corrected chi connectivity index (χ0v) is 22.1. The lowest BCUT2D eigenvalue weighted by molar-refractivity contribution is -0.137. The van der Waals surface area contributed by atoms with E-state index in [1.54, 1.807) is 35.7 Å². The number of para-hydroxylation sites is 1. The number of fused-ring (bicyclic) bond motifs is 1. The lowest BCUT2D eigenvalue weighted by Crippen LogP contribution is -2.36. The summed E-state index contributed by atoms with van der Waals surface area (Å²) in [4.78, 5) is 24.4. The molecule has 0 spiro atoms. The second kappa shape index (κ2) is 10.5. The maximum absolute atomic E-state index is 13.6. The maximum atomic E-state index is 13.6. The minimum absolute atomic E-state index is 0.0736. The van der Waals surface area contributed by atoms with Gasteiger partial charge >= 0.3 is 5.97 Å². The number of rotatable bonds is 8. The van der Waals surface area contributed by atoms with Crippen LogP contribution < -0.4 is 4.74 Å². The SMILES string of the molecule is CC[C@@H]1CN(Cc2cc(C(CC(=O)O)c3cc(C(C)=O)cs3)ccc2C)S(=O)(=O)c2ccccc2O1. The third kappa shape index (κ3) is 5.38. The molecule has 2 aromatic carbocycles. The van der Waals surface area contributed by atoms with Crippen LogP contribution in [0.1, 0.15) is 64.5 Å². The number of Topliss-reactive ketones (excluding diaryl/α,β-unsaturated/α-hetero) is 1. The molecule has 7 nitrogen and oxygen atoms in total. The molecule has 0 bridgehead atoms. The second-order valence-corrected chi connectivity index (χ2v) is 11.9. The van der Waals surface area contributed by atoms with Crippen LogP contribution in [0.2, 0.25) is 0 Å². The molecule has 2 heterocycles. The van der Waals surface area contributed by atoms with Crippen molar-refractivity contribution in [3.8, 4) is 5.75 Å². The van der Waals surface area contributed by atoms with Crippen LogP contribution in [0.15, 0.2) is 58.8 Å². The van der Waals surface area contributed by atoms with Crippen LogP contribution in [0, 0.1) is 6.92 Å². The Hall–Kier alpha value is -3.01. The van der Waals surface area contributed by atoms with Gasteiger partial charge in [0, 0.05) is 28.3 Å². The summed E-state index contributed by atoms with van der Waals surface area (Å²) in [6.07, 6.45) is 0.223. The van der Waals surface area contributed by atoms with Crippen LogP contribution in [0.4, 0.5) is 0 Å². The van der Waals surface area contributed by atoms with Gasteiger partial charge in [0.1, 0.15) is 16.7 Å². The standard InChI is InChI=1S/C27H29NO6S2/c1-4-22-15-28(36(32,33)26-8-6-5-7-24(26)34-22)14-20-11-19(10-9-17(20)2)23(13-27(30)31)25-12-21(16-35-25)18(3)29/h5-12,16,22-23H,4,13-15H2,1-3H3,(H,30,31)/t22-,23?/m1/s1. The average Bonchev–Trinajstić information content (AvgIpc) is 3.29. The molecule has 0 amide bonds. The van der Waals surface area contributed by atoms with Crippen molar-refractivity contribution in [3.63, 3.8) is 0 Å². The minimum atomic E-state index is -3.81. The van der Waals surface area contributed by atoms with Crippen molar-refractivity contribution in [1.82, 2.24) is 4.31 Å². The lowest BCUT2D eigenvalue weighted by atomic mass is 9.91. The Morgan fingerprint density at radius 2 is 1.94 bits per heavy atom. The van der Waals surface area contributed by atoms with Crippen molar-refractivity contribution < 1.29 is 27.9 Å². The van der Waals surface area contributed by atoms with Gasteiger partial charge in [-0.15, -0.1) is 11.3 Å². The normalized spacial score (nSPS) is 18.0. The third-order valence-corrected chi connectivity index (χ3v) is 9.39. The van der Waals surface area contributed by atoms with Crippen molar-refractivity contribution in [2.45, 2.75) is 57.1 Å². The number of carboxylic acids is 1. The number of thiophene rings is 1. The van der Waals surface area contributed by atoms with Crippen molar-refractivity contribution in [1.29, 1.82) is 0 Å². The number of ketones is 1. The monoisotopic (exact) mass is 527 g/mol. The summed E-state index contributed by atoms with van der Waals surface area (Å²) in [7, 11) is -3.81. The van der Waals surface area contributed by atoms with E-state index in [2.05, 4.69) is 0 Å². The summed E-state index contributed by atoms with van der Waals surface area (Å²) in [6.45, 7) is 5.70. The smallest absolute Gasteiger partial charge is 0.304 e. The number of carboxylic acid groups (broad SMARTS) is 1. The number of aliphatic carboxylic acids is 1. The Labute approximate surface area is 215 Å². The average molecular weight is 528 g/mol. The molecule has 1 aromatic heterocycles. The van der Waals surface area contributed by atoms with Gasteiger partial charge in [0.15, 0.2) is 5.78 Å². The summed E-state index contributed by atoms with van der Waals surface area (Å²) in [6, 6.07) is 14.1. The van der Waals surface area contributed by atoms with Crippen molar-refractivity contribution in [3.05, 3.63) is 81.0 Å². The minimum Gasteiger partial charge on any atom is -0.488 e. The van der Waals surface area contributed by atoms with Gasteiger partial charge in [0.25, 0.3) is 0 Å². The number of hydrogen-bond donors (Lipinski definition) is 1. The van der Waals surface area contributed by atoms with E-state index in [9.17, 15) is 23.1 Å². The fourth-order valence-corrected chi connectivity index (χ4v) is 7.00. The molecule has 9 heteroatoms. The van der Waals surface area contributed by atoms with Crippen molar-refractivity contribution >= 4 is 33.1 Å². The number of aryl methyl sites for hydroxylation is 1. The molecule has 0 aliphatic carbocycles. The Morgan fingerprint density at radius 3 is 2.61 bits per heavy atom. The highest BCUT2D eigenvalue weighted by molar-refractivity contribution is 7.89. The van der Waals surface area contributed by atoms with Crippen molar-refractivity contribution in [2.24, 2.45) is 0 Å². The van der Waals surface area contributed by atoms with Crippen LogP contribution in [0.3, 0.4) is 0 Å². The fourth-order valence-electron chi connectivity index (χ4n) is 4.35. The maximum Gasteiger partial charge on any atom is 0.304 e. The summed E-state index contributed by atoms with van der Waals surface area (Å²) in [5.74, 6) is -1.11. The van der Waals surface area contributed by atoms with Crippen LogP contribution in [0.25, 0.3) is 0 Å². The molecule has 1 aliphatic rings. The molecule has 1 unspecified atom stereocenters. The van der Waals surface area contributed by atoms with Crippen LogP contribution >= 0.6 is 11.3 Å². The number of sulfonamides is 1. The molecule has 190 valence electrons. The van der Waals surface area contributed by atoms with Gasteiger partial charge in [0.2, 0.25) is 10.0 Å². The summed E-state index contributed by atoms with van der Waals surface area (Å²) in [5.41, 5.74) is 3.03. The number of carbonyl (C=O) groups excluding carboxylic acids is 1. The first-order valence-electron chi connectivity index (χ1n) is 11.8. The number of nitrogens with zero attached hydrogens (tertiary/aromatic N) is 1. The quantitative estimate of drug-likeness (QED) is 0.403. The zero-order chi connectivity index (χ0) is 26.0. The number of benzene rings is 2. The van der Waals surface area contributed by atoms with Gasteiger partial charge in [-0.2, -0.15) is 4.31 Å². The molecule has 36 heavy (non-hydrogen) atoms. The Morgan fingerprint density at radius 1 is 1.19 bits per heavy atom. The molecular formula is C27H29NO6S2. The Balaban J connectivity index is 1.72. The topological polar surface area (TPSA) is 101 Å².